The molecule has 3 N–H and O–H groups in total. The Hall–Kier alpha value is -3.18. The van der Waals surface area contributed by atoms with E-state index in [1.54, 1.807) is 30.3 Å². The number of alkyl halides is 4. The third-order valence-corrected chi connectivity index (χ3v) is 3.28. The summed E-state index contributed by atoms with van der Waals surface area (Å²) in [4.78, 5) is 45.4. The van der Waals surface area contributed by atoms with E-state index in [2.05, 4.69) is 4.74 Å². The largest absolute Gasteiger partial charge is 0.481 e. The SMILES string of the molecule is O=C(O)CC(NC(=O)C(NC(=O)OCc1ccccc1)C(F)(F)F)C(=O)CF. The van der Waals surface area contributed by atoms with Crippen LogP contribution in [0.3, 0.4) is 0 Å². The average Bonchev–Trinajstić information content (AvgIpc) is 2.62. The summed E-state index contributed by atoms with van der Waals surface area (Å²) in [6.07, 6.45) is -7.99. The molecule has 154 valence electrons. The quantitative estimate of drug-likeness (QED) is 0.530. The predicted octanol–water partition coefficient (Wildman–Crippen LogP) is 1.34. The van der Waals surface area contributed by atoms with E-state index in [-0.39, 0.29) is 6.61 Å². The fourth-order valence-electron chi connectivity index (χ4n) is 1.95. The molecule has 0 aromatic heterocycles. The first-order valence-corrected chi connectivity index (χ1v) is 7.69. The summed E-state index contributed by atoms with van der Waals surface area (Å²) in [6, 6.07) is 2.79. The van der Waals surface area contributed by atoms with Crippen LogP contribution in [0.2, 0.25) is 0 Å². The van der Waals surface area contributed by atoms with Crippen LogP contribution in [0.25, 0.3) is 0 Å². The lowest BCUT2D eigenvalue weighted by Crippen LogP contribution is -2.58. The standard InChI is InChI=1S/C16H16F4N2O6/c17-7-11(23)10(6-12(24)25)21-14(26)13(16(18,19)20)22-15(27)28-8-9-4-2-1-3-5-9/h1-5,10,13H,6-8H2,(H,21,26)(H,22,27)(H,24,25). The molecule has 1 aromatic carbocycles. The smallest absolute Gasteiger partial charge is 0.417 e. The molecule has 0 saturated heterocycles. The molecule has 0 heterocycles. The van der Waals surface area contributed by atoms with E-state index in [1.165, 1.54) is 10.6 Å². The highest BCUT2D eigenvalue weighted by Gasteiger charge is 2.47. The normalized spacial score (nSPS) is 13.1. The van der Waals surface area contributed by atoms with Crippen molar-refractivity contribution < 1.29 is 46.6 Å². The van der Waals surface area contributed by atoms with E-state index < -0.39 is 55.1 Å². The summed E-state index contributed by atoms with van der Waals surface area (Å²) in [6.45, 7) is -2.07. The zero-order chi connectivity index (χ0) is 21.3. The molecule has 2 atom stereocenters. The van der Waals surface area contributed by atoms with Gasteiger partial charge in [0, 0.05) is 0 Å². The summed E-state index contributed by atoms with van der Waals surface area (Å²) in [5, 5.41) is 11.4. The van der Waals surface area contributed by atoms with Crippen LogP contribution >= 0.6 is 0 Å². The Labute approximate surface area is 155 Å². The van der Waals surface area contributed by atoms with Crippen molar-refractivity contribution >= 4 is 23.8 Å². The second-order valence-corrected chi connectivity index (χ2v) is 5.44. The first kappa shape index (κ1) is 22.9. The van der Waals surface area contributed by atoms with Crippen molar-refractivity contribution in [3.05, 3.63) is 35.9 Å². The number of carboxylic acids is 1. The monoisotopic (exact) mass is 408 g/mol. The zero-order valence-corrected chi connectivity index (χ0v) is 14.2. The molecular formula is C16H16F4N2O6. The number of carboxylic acid groups (broad SMARTS) is 1. The molecule has 1 aromatic rings. The number of hydrogen-bond acceptors (Lipinski definition) is 5. The Balaban J connectivity index is 2.80. The minimum absolute atomic E-state index is 0.374. The van der Waals surface area contributed by atoms with E-state index >= 15 is 0 Å². The Morgan fingerprint density at radius 2 is 1.68 bits per heavy atom. The first-order valence-electron chi connectivity index (χ1n) is 7.69. The van der Waals surface area contributed by atoms with Crippen LogP contribution in [-0.2, 0) is 25.7 Å². The molecule has 0 bridgehead atoms. The number of halogens is 4. The number of benzene rings is 1. The lowest BCUT2D eigenvalue weighted by molar-refractivity contribution is -0.168. The number of ether oxygens (including phenoxy) is 1. The van der Waals surface area contributed by atoms with E-state index in [4.69, 9.17) is 5.11 Å². The van der Waals surface area contributed by atoms with Crippen molar-refractivity contribution in [1.29, 1.82) is 0 Å². The topological polar surface area (TPSA) is 122 Å². The van der Waals surface area contributed by atoms with Gasteiger partial charge in [0.05, 0.1) is 6.42 Å². The van der Waals surface area contributed by atoms with Crippen LogP contribution in [0.15, 0.2) is 30.3 Å². The number of hydrogen-bond donors (Lipinski definition) is 3. The molecule has 0 fully saturated rings. The van der Waals surface area contributed by atoms with Gasteiger partial charge in [-0.05, 0) is 5.56 Å². The molecule has 0 aliphatic heterocycles. The maximum absolute atomic E-state index is 13.1. The summed E-state index contributed by atoms with van der Waals surface area (Å²) in [5.41, 5.74) is 0.473. The number of ketones is 1. The second-order valence-electron chi connectivity index (χ2n) is 5.44. The van der Waals surface area contributed by atoms with E-state index in [9.17, 15) is 36.7 Å². The number of alkyl carbamates (subject to hydrolysis) is 1. The van der Waals surface area contributed by atoms with E-state index in [0.29, 0.717) is 5.56 Å². The number of nitrogens with one attached hydrogen (secondary N) is 2. The number of rotatable bonds is 9. The van der Waals surface area contributed by atoms with Crippen LogP contribution in [0.1, 0.15) is 12.0 Å². The Morgan fingerprint density at radius 3 is 2.18 bits per heavy atom. The minimum Gasteiger partial charge on any atom is -0.481 e. The van der Waals surface area contributed by atoms with Crippen LogP contribution in [0, 0.1) is 0 Å². The van der Waals surface area contributed by atoms with Gasteiger partial charge in [-0.2, -0.15) is 13.2 Å². The van der Waals surface area contributed by atoms with Gasteiger partial charge < -0.3 is 20.5 Å². The third-order valence-electron chi connectivity index (χ3n) is 3.28. The van der Waals surface area contributed by atoms with Crippen LogP contribution in [-0.4, -0.2) is 53.8 Å². The maximum atomic E-state index is 13.1. The summed E-state index contributed by atoms with van der Waals surface area (Å²) in [5.74, 6) is -5.01. The predicted molar refractivity (Wildman–Crippen MR) is 84.8 cm³/mol. The Morgan fingerprint density at radius 1 is 1.07 bits per heavy atom. The fraction of sp³-hybridized carbons (Fsp3) is 0.375. The van der Waals surface area contributed by atoms with Gasteiger partial charge in [-0.3, -0.25) is 14.4 Å². The number of carbonyl (C=O) groups excluding carboxylic acids is 3. The van der Waals surface area contributed by atoms with Gasteiger partial charge in [-0.15, -0.1) is 0 Å². The Bertz CT molecular complexity index is 711. The van der Waals surface area contributed by atoms with Crippen molar-refractivity contribution in [2.45, 2.75) is 31.3 Å². The highest BCUT2D eigenvalue weighted by molar-refractivity contribution is 5.95. The molecule has 0 saturated carbocycles. The van der Waals surface area contributed by atoms with Crippen molar-refractivity contribution in [2.75, 3.05) is 6.67 Å². The Kier molecular flexibility index (Phi) is 8.35. The van der Waals surface area contributed by atoms with Gasteiger partial charge in [-0.25, -0.2) is 9.18 Å². The lowest BCUT2D eigenvalue weighted by atomic mass is 10.1. The molecule has 0 spiro atoms. The number of amides is 2. The van der Waals surface area contributed by atoms with Crippen molar-refractivity contribution in [3.8, 4) is 0 Å². The molecule has 2 amide bonds. The molecular weight excluding hydrogens is 392 g/mol. The molecule has 2 unspecified atom stereocenters. The highest BCUT2D eigenvalue weighted by Crippen LogP contribution is 2.21. The molecule has 0 aliphatic rings. The maximum Gasteiger partial charge on any atom is 0.417 e. The molecule has 0 radical (unpaired) electrons. The molecule has 28 heavy (non-hydrogen) atoms. The zero-order valence-electron chi connectivity index (χ0n) is 14.2. The molecule has 12 heteroatoms. The van der Waals surface area contributed by atoms with Gasteiger partial charge in [0.2, 0.25) is 6.04 Å². The van der Waals surface area contributed by atoms with Gasteiger partial charge >= 0.3 is 18.2 Å². The summed E-state index contributed by atoms with van der Waals surface area (Å²) in [7, 11) is 0. The van der Waals surface area contributed by atoms with Crippen LogP contribution < -0.4 is 10.6 Å². The van der Waals surface area contributed by atoms with Crippen molar-refractivity contribution in [2.24, 2.45) is 0 Å². The minimum atomic E-state index is -5.29. The third kappa shape index (κ3) is 7.60. The number of aliphatic carboxylic acids is 1. The number of Topliss-reactive ketones (excluding diaryl/α,β-unsaturated/α-hetero) is 1. The first-order chi connectivity index (χ1) is 13.0. The fourth-order valence-corrected chi connectivity index (χ4v) is 1.95. The average molecular weight is 408 g/mol. The van der Waals surface area contributed by atoms with Crippen molar-refractivity contribution in [1.82, 2.24) is 10.6 Å². The van der Waals surface area contributed by atoms with E-state index in [0.717, 1.165) is 0 Å². The van der Waals surface area contributed by atoms with Gasteiger partial charge in [0.1, 0.15) is 19.3 Å². The van der Waals surface area contributed by atoms with Crippen LogP contribution in [0.5, 0.6) is 0 Å². The van der Waals surface area contributed by atoms with E-state index in [1.807, 2.05) is 0 Å². The highest BCUT2D eigenvalue weighted by atomic mass is 19.4. The molecule has 0 aliphatic carbocycles. The van der Waals surface area contributed by atoms with Gasteiger partial charge in [-0.1, -0.05) is 30.3 Å². The van der Waals surface area contributed by atoms with Crippen molar-refractivity contribution in [3.63, 3.8) is 0 Å². The van der Waals surface area contributed by atoms with Gasteiger partial charge in [0.15, 0.2) is 5.78 Å². The van der Waals surface area contributed by atoms with Gasteiger partial charge in [0.25, 0.3) is 5.91 Å². The second kappa shape index (κ2) is 10.2. The number of carbonyl (C=O) groups is 4. The lowest BCUT2D eigenvalue weighted by Gasteiger charge is -2.23. The molecule has 1 rings (SSSR count). The van der Waals surface area contributed by atoms with Crippen LogP contribution in [0.4, 0.5) is 22.4 Å². The summed E-state index contributed by atoms with van der Waals surface area (Å²) < 4.78 is 56.3. The summed E-state index contributed by atoms with van der Waals surface area (Å²) >= 11 is 0. The molecule has 8 nitrogen and oxygen atoms in total.